The molecule has 2 saturated heterocycles. The van der Waals surface area contributed by atoms with Gasteiger partial charge in [0.25, 0.3) is 0 Å². The fourth-order valence-electron chi connectivity index (χ4n) is 7.61. The lowest BCUT2D eigenvalue weighted by Crippen LogP contribution is -2.61. The van der Waals surface area contributed by atoms with Crippen molar-refractivity contribution in [2.24, 2.45) is 12.0 Å². The highest BCUT2D eigenvalue weighted by molar-refractivity contribution is 7.99. The van der Waals surface area contributed by atoms with Gasteiger partial charge in [-0.1, -0.05) is 24.8 Å². The van der Waals surface area contributed by atoms with Gasteiger partial charge in [0.2, 0.25) is 12.3 Å². The summed E-state index contributed by atoms with van der Waals surface area (Å²) in [6.07, 6.45) is -0.788. The number of hydrogen-bond acceptors (Lipinski definition) is 8. The number of carbonyl (C=O) groups is 1. The minimum absolute atomic E-state index is 0.103. The maximum atomic E-state index is 15.3. The van der Waals surface area contributed by atoms with Gasteiger partial charge in [-0.15, -0.1) is 11.8 Å². The average Bonchev–Trinajstić information content (AvgIpc) is 3.68. The molecule has 3 aromatic rings. The molecule has 4 aliphatic rings. The molecule has 4 atom stereocenters. The fraction of sp³-hybridized carbons (Fsp3) is 0.485. The summed E-state index contributed by atoms with van der Waals surface area (Å²) in [5, 5.41) is 16.9. The van der Waals surface area contributed by atoms with Gasteiger partial charge < -0.3 is 24.7 Å². The summed E-state index contributed by atoms with van der Waals surface area (Å²) in [4.78, 5) is 25.7. The zero-order valence-corrected chi connectivity index (χ0v) is 27.0. The average molecular weight is 654 g/mol. The van der Waals surface area contributed by atoms with Gasteiger partial charge in [0.05, 0.1) is 29.0 Å². The summed E-state index contributed by atoms with van der Waals surface area (Å²) in [7, 11) is 1.74. The molecule has 0 bridgehead atoms. The highest BCUT2D eigenvalue weighted by Gasteiger charge is 2.46. The van der Waals surface area contributed by atoms with Crippen LogP contribution in [0.2, 0.25) is 0 Å². The zero-order chi connectivity index (χ0) is 32.5. The molecule has 2 fully saturated rings. The van der Waals surface area contributed by atoms with E-state index in [0.717, 1.165) is 31.3 Å². The van der Waals surface area contributed by atoms with E-state index in [1.54, 1.807) is 35.0 Å². The first kappa shape index (κ1) is 31.1. The van der Waals surface area contributed by atoms with Crippen LogP contribution in [0.5, 0.6) is 0 Å². The molecule has 9 nitrogen and oxygen atoms in total. The summed E-state index contributed by atoms with van der Waals surface area (Å²) in [5.74, 6) is 0.640. The van der Waals surface area contributed by atoms with E-state index in [0.29, 0.717) is 58.4 Å². The quantitative estimate of drug-likeness (QED) is 0.407. The van der Waals surface area contributed by atoms with Crippen molar-refractivity contribution < 1.29 is 23.1 Å². The summed E-state index contributed by atoms with van der Waals surface area (Å²) >= 11 is 1.43. The normalized spacial score (nSPS) is 25.2. The maximum absolute atomic E-state index is 15.3. The lowest BCUT2D eigenvalue weighted by molar-refractivity contribution is -0.137. The fourth-order valence-corrected chi connectivity index (χ4v) is 8.95. The number of fused-ring (bicyclic) bond motifs is 1. The van der Waals surface area contributed by atoms with Crippen molar-refractivity contribution in [3.8, 4) is 11.1 Å². The molecule has 2 unspecified atom stereocenters. The number of aliphatic hydroxyl groups excluding tert-OH is 1. The van der Waals surface area contributed by atoms with Crippen LogP contribution in [-0.4, -0.2) is 104 Å². The van der Waals surface area contributed by atoms with Gasteiger partial charge in [-0.2, -0.15) is 18.3 Å². The third-order valence-electron chi connectivity index (χ3n) is 9.77. The molecule has 244 valence electrons. The Morgan fingerprint density at radius 1 is 1.15 bits per heavy atom. The van der Waals surface area contributed by atoms with Crippen LogP contribution in [0.25, 0.3) is 22.0 Å². The van der Waals surface area contributed by atoms with E-state index in [-0.39, 0.29) is 29.6 Å². The first-order valence-corrected chi connectivity index (χ1v) is 16.7. The highest BCUT2D eigenvalue weighted by atomic mass is 32.2. The van der Waals surface area contributed by atoms with Gasteiger partial charge in [-0.05, 0) is 51.9 Å². The van der Waals surface area contributed by atoms with Crippen molar-refractivity contribution in [1.29, 1.82) is 0 Å². The molecule has 0 spiro atoms. The van der Waals surface area contributed by atoms with Crippen LogP contribution < -0.4 is 4.90 Å². The van der Waals surface area contributed by atoms with E-state index in [2.05, 4.69) is 16.6 Å². The zero-order valence-electron chi connectivity index (χ0n) is 26.2. The van der Waals surface area contributed by atoms with Crippen LogP contribution in [0.3, 0.4) is 0 Å². The van der Waals surface area contributed by atoms with Crippen LogP contribution in [0.15, 0.2) is 53.0 Å². The van der Waals surface area contributed by atoms with E-state index in [4.69, 9.17) is 4.99 Å². The first-order valence-electron chi connectivity index (χ1n) is 15.8. The smallest absolute Gasteiger partial charge is 0.355 e. The van der Waals surface area contributed by atoms with Crippen LogP contribution in [0, 0.1) is 0 Å². The number of amidine groups is 1. The number of carbonyl (C=O) groups excluding carboxylic acids is 1. The van der Waals surface area contributed by atoms with Crippen LogP contribution in [0.1, 0.15) is 37.8 Å². The van der Waals surface area contributed by atoms with Crippen LogP contribution in [-0.2, 0) is 18.0 Å². The van der Waals surface area contributed by atoms with Gasteiger partial charge in [0, 0.05) is 71.5 Å². The summed E-state index contributed by atoms with van der Waals surface area (Å²) in [6.45, 7) is 10.8. The number of halogens is 3. The number of aryl methyl sites for hydroxylation is 1. The maximum Gasteiger partial charge on any atom is 0.417 e. The summed E-state index contributed by atoms with van der Waals surface area (Å²) in [6, 6.07) is 5.93. The standard InChI is InChI=1S/C33H38F3N7O2S/c1-5-26(44)41-15-20(3)42(16-19(41)2)31-24-13-25(33(34,35)36)27(23-10-8-9-21-14-37-39(4)28(21)23)30-29(24)43(32(45)38-31)22(18-46-30)17-40-11-6-7-12-40/h5,8-10,13-14,19-20,22,32,45H,1,6-7,11-12,15-18H2,2-4H3/t19-,20+,22?,32?/m1/s1. The number of amides is 1. The number of aliphatic imine (C=N–C) groups is 1. The lowest BCUT2D eigenvalue weighted by Gasteiger charge is -2.49. The molecule has 5 heterocycles. The molecule has 0 saturated carbocycles. The minimum Gasteiger partial charge on any atom is -0.355 e. The molecular weight excluding hydrogens is 615 g/mol. The number of para-hydroxylation sites is 1. The van der Waals surface area contributed by atoms with Gasteiger partial charge >= 0.3 is 6.18 Å². The molecule has 1 amide bonds. The SMILES string of the molecule is C=CC(=O)N1C[C@H](C)N(C2=NC(O)N3c4c2cc(C(F)(F)F)c(-c2cccc5cnn(C)c25)c4SCC3CN2CCCC2)C[C@H]1C. The van der Waals surface area contributed by atoms with Crippen molar-refractivity contribution in [3.05, 3.63) is 54.2 Å². The van der Waals surface area contributed by atoms with E-state index in [9.17, 15) is 9.90 Å². The van der Waals surface area contributed by atoms with E-state index >= 15 is 13.2 Å². The van der Waals surface area contributed by atoms with Crippen LogP contribution in [0.4, 0.5) is 18.9 Å². The minimum atomic E-state index is -4.67. The second kappa shape index (κ2) is 11.6. The first-order chi connectivity index (χ1) is 22.0. The number of anilines is 1. The number of piperazine rings is 1. The molecule has 0 radical (unpaired) electrons. The molecule has 4 aliphatic heterocycles. The highest BCUT2D eigenvalue weighted by Crippen LogP contribution is 2.54. The Hall–Kier alpha value is -3.55. The molecule has 7 rings (SSSR count). The third-order valence-corrected chi connectivity index (χ3v) is 11.0. The molecule has 1 N–H and O–H groups in total. The summed E-state index contributed by atoms with van der Waals surface area (Å²) in [5.41, 5.74) is 1.37. The van der Waals surface area contributed by atoms with Gasteiger partial charge in [-0.3, -0.25) is 9.48 Å². The molecule has 46 heavy (non-hydrogen) atoms. The van der Waals surface area contributed by atoms with Gasteiger partial charge in [-0.25, -0.2) is 4.99 Å². The number of nitrogens with zero attached hydrogens (tertiary/aromatic N) is 7. The number of rotatable bonds is 4. The lowest BCUT2D eigenvalue weighted by atomic mass is 9.91. The van der Waals surface area contributed by atoms with Crippen LogP contribution >= 0.6 is 11.8 Å². The Bertz CT molecular complexity index is 1730. The molecular formula is C33H38F3N7O2S. The van der Waals surface area contributed by atoms with E-state index in [1.165, 1.54) is 23.9 Å². The summed E-state index contributed by atoms with van der Waals surface area (Å²) < 4.78 is 47.4. The van der Waals surface area contributed by atoms with Crippen molar-refractivity contribution >= 4 is 40.1 Å². The molecule has 0 aliphatic carbocycles. The number of aromatic nitrogens is 2. The van der Waals surface area contributed by atoms with Gasteiger partial charge in [0.15, 0.2) is 0 Å². The number of alkyl halides is 3. The Morgan fingerprint density at radius 2 is 1.91 bits per heavy atom. The van der Waals surface area contributed by atoms with E-state index in [1.807, 2.05) is 29.7 Å². The van der Waals surface area contributed by atoms with E-state index < -0.39 is 18.1 Å². The number of likely N-dealkylation sites (tertiary alicyclic amines) is 1. The van der Waals surface area contributed by atoms with Crippen molar-refractivity contribution in [1.82, 2.24) is 24.5 Å². The Kier molecular flexibility index (Phi) is 7.84. The predicted molar refractivity (Wildman–Crippen MR) is 174 cm³/mol. The second-order valence-electron chi connectivity index (χ2n) is 12.8. The molecule has 13 heteroatoms. The number of thioether (sulfide) groups is 1. The molecule has 1 aromatic heterocycles. The Labute approximate surface area is 270 Å². The van der Waals surface area contributed by atoms with Crippen molar-refractivity contribution in [2.45, 2.75) is 62.2 Å². The Morgan fingerprint density at radius 3 is 2.63 bits per heavy atom. The largest absolute Gasteiger partial charge is 0.417 e. The van der Waals surface area contributed by atoms with Crippen molar-refractivity contribution in [2.75, 3.05) is 43.4 Å². The predicted octanol–water partition coefficient (Wildman–Crippen LogP) is 4.78. The number of aliphatic hydroxyl groups is 1. The topological polar surface area (TPSA) is 80.4 Å². The molecule has 2 aromatic carbocycles. The number of benzene rings is 2. The Balaban J connectivity index is 1.44. The third kappa shape index (κ3) is 5.07. The second-order valence-corrected chi connectivity index (χ2v) is 13.8. The van der Waals surface area contributed by atoms with Crippen molar-refractivity contribution in [3.63, 3.8) is 0 Å². The number of hydrogen-bond donors (Lipinski definition) is 1. The van der Waals surface area contributed by atoms with Gasteiger partial charge in [0.1, 0.15) is 5.84 Å². The monoisotopic (exact) mass is 653 g/mol.